The van der Waals surface area contributed by atoms with Crippen LogP contribution >= 0.6 is 0 Å². The summed E-state index contributed by atoms with van der Waals surface area (Å²) in [6.45, 7) is 0.768. The maximum Gasteiger partial charge on any atom is 0.219 e. The van der Waals surface area contributed by atoms with E-state index >= 15 is 0 Å². The van der Waals surface area contributed by atoms with Gasteiger partial charge in [0.15, 0.2) is 0 Å². The second-order valence-corrected chi connectivity index (χ2v) is 5.49. The SMILES string of the molecule is NC(=O)CC(N)c1cn(Cc2ccccc2)c2ccccc12. The molecule has 0 bridgehead atoms. The molecule has 3 aromatic rings. The monoisotopic (exact) mass is 293 g/mol. The second-order valence-electron chi connectivity index (χ2n) is 5.49. The predicted octanol–water partition coefficient (Wildman–Crippen LogP) is 2.56. The minimum Gasteiger partial charge on any atom is -0.370 e. The minimum atomic E-state index is -0.382. The van der Waals surface area contributed by atoms with Crippen LogP contribution in [0.15, 0.2) is 60.8 Å². The minimum absolute atomic E-state index is 0.152. The van der Waals surface area contributed by atoms with E-state index in [4.69, 9.17) is 11.5 Å². The van der Waals surface area contributed by atoms with Crippen molar-refractivity contribution in [1.29, 1.82) is 0 Å². The molecule has 1 amide bonds. The van der Waals surface area contributed by atoms with Crippen molar-refractivity contribution in [2.45, 2.75) is 19.0 Å². The molecule has 0 aliphatic heterocycles. The second kappa shape index (κ2) is 6.03. The maximum absolute atomic E-state index is 11.2. The van der Waals surface area contributed by atoms with Crippen molar-refractivity contribution < 1.29 is 4.79 Å². The van der Waals surface area contributed by atoms with Gasteiger partial charge in [0.05, 0.1) is 0 Å². The molecular weight excluding hydrogens is 274 g/mol. The Morgan fingerprint density at radius 3 is 2.45 bits per heavy atom. The molecule has 1 atom stereocenters. The number of primary amides is 1. The summed E-state index contributed by atoms with van der Waals surface area (Å²) in [6, 6.07) is 18.0. The van der Waals surface area contributed by atoms with E-state index in [-0.39, 0.29) is 18.4 Å². The molecule has 112 valence electrons. The number of nitrogens with two attached hydrogens (primary N) is 2. The number of hydrogen-bond donors (Lipinski definition) is 2. The first-order valence-electron chi connectivity index (χ1n) is 7.30. The van der Waals surface area contributed by atoms with E-state index in [0.29, 0.717) is 0 Å². The first kappa shape index (κ1) is 14.4. The van der Waals surface area contributed by atoms with E-state index in [1.165, 1.54) is 5.56 Å². The van der Waals surface area contributed by atoms with Gasteiger partial charge in [-0.15, -0.1) is 0 Å². The van der Waals surface area contributed by atoms with Crippen LogP contribution in [0.1, 0.15) is 23.6 Å². The van der Waals surface area contributed by atoms with Crippen molar-refractivity contribution in [3.05, 3.63) is 71.9 Å². The number of benzene rings is 2. The van der Waals surface area contributed by atoms with E-state index in [1.54, 1.807) is 0 Å². The predicted molar refractivity (Wildman–Crippen MR) is 88.2 cm³/mol. The molecule has 0 spiro atoms. The lowest BCUT2D eigenvalue weighted by Crippen LogP contribution is -2.20. The van der Waals surface area contributed by atoms with Gasteiger partial charge in [-0.25, -0.2) is 0 Å². The molecule has 0 aliphatic carbocycles. The zero-order chi connectivity index (χ0) is 15.5. The third-order valence-electron chi connectivity index (χ3n) is 3.84. The molecule has 4 N–H and O–H groups in total. The number of para-hydroxylation sites is 1. The van der Waals surface area contributed by atoms with Crippen LogP contribution in [0, 0.1) is 0 Å². The smallest absolute Gasteiger partial charge is 0.219 e. The van der Waals surface area contributed by atoms with Gasteiger partial charge in [0.2, 0.25) is 5.91 Å². The Balaban J connectivity index is 2.02. The van der Waals surface area contributed by atoms with Crippen LogP contribution in [0.25, 0.3) is 10.9 Å². The Hall–Kier alpha value is -2.59. The van der Waals surface area contributed by atoms with Crippen molar-refractivity contribution in [3.8, 4) is 0 Å². The number of amides is 1. The summed E-state index contributed by atoms with van der Waals surface area (Å²) < 4.78 is 2.17. The highest BCUT2D eigenvalue weighted by Crippen LogP contribution is 2.27. The highest BCUT2D eigenvalue weighted by atomic mass is 16.1. The molecule has 1 heterocycles. The average Bonchev–Trinajstić information content (AvgIpc) is 2.87. The van der Waals surface area contributed by atoms with Crippen LogP contribution in [0.5, 0.6) is 0 Å². The molecule has 2 aromatic carbocycles. The van der Waals surface area contributed by atoms with Gasteiger partial charge in [-0.2, -0.15) is 0 Å². The van der Waals surface area contributed by atoms with E-state index in [2.05, 4.69) is 22.8 Å². The summed E-state index contributed by atoms with van der Waals surface area (Å²) in [4.78, 5) is 11.2. The topological polar surface area (TPSA) is 74.0 Å². The quantitative estimate of drug-likeness (QED) is 0.758. The van der Waals surface area contributed by atoms with Gasteiger partial charge in [0.1, 0.15) is 0 Å². The summed E-state index contributed by atoms with van der Waals surface area (Å²) in [5.41, 5.74) is 14.7. The van der Waals surface area contributed by atoms with Crippen LogP contribution in [0.4, 0.5) is 0 Å². The van der Waals surface area contributed by atoms with E-state index in [1.807, 2.05) is 42.6 Å². The summed E-state index contributed by atoms with van der Waals surface area (Å²) in [7, 11) is 0. The highest BCUT2D eigenvalue weighted by molar-refractivity contribution is 5.85. The zero-order valence-corrected chi connectivity index (χ0v) is 12.3. The molecule has 0 radical (unpaired) electrons. The third-order valence-corrected chi connectivity index (χ3v) is 3.84. The Morgan fingerprint density at radius 2 is 1.73 bits per heavy atom. The number of carbonyl (C=O) groups excluding carboxylic acids is 1. The largest absolute Gasteiger partial charge is 0.370 e. The number of rotatable bonds is 5. The Morgan fingerprint density at radius 1 is 1.05 bits per heavy atom. The van der Waals surface area contributed by atoms with Crippen LogP contribution in [-0.2, 0) is 11.3 Å². The molecular formula is C18H19N3O. The van der Waals surface area contributed by atoms with Crippen LogP contribution in [0.2, 0.25) is 0 Å². The zero-order valence-electron chi connectivity index (χ0n) is 12.3. The third kappa shape index (κ3) is 2.87. The van der Waals surface area contributed by atoms with E-state index in [9.17, 15) is 4.79 Å². The molecule has 0 fully saturated rings. The van der Waals surface area contributed by atoms with Crippen molar-refractivity contribution in [3.63, 3.8) is 0 Å². The molecule has 4 heteroatoms. The van der Waals surface area contributed by atoms with Crippen molar-refractivity contribution in [2.24, 2.45) is 11.5 Å². The van der Waals surface area contributed by atoms with Crippen molar-refractivity contribution >= 4 is 16.8 Å². The van der Waals surface area contributed by atoms with Gasteiger partial charge in [0, 0.05) is 36.1 Å². The lowest BCUT2D eigenvalue weighted by atomic mass is 10.0. The fraction of sp³-hybridized carbons (Fsp3) is 0.167. The number of nitrogens with zero attached hydrogens (tertiary/aromatic N) is 1. The Labute approximate surface area is 129 Å². The first-order chi connectivity index (χ1) is 10.6. The fourth-order valence-electron chi connectivity index (χ4n) is 2.81. The van der Waals surface area contributed by atoms with Crippen molar-refractivity contribution in [2.75, 3.05) is 0 Å². The van der Waals surface area contributed by atoms with E-state index < -0.39 is 0 Å². The molecule has 3 rings (SSSR count). The average molecular weight is 293 g/mol. The summed E-state index contributed by atoms with van der Waals surface area (Å²) >= 11 is 0. The maximum atomic E-state index is 11.2. The molecule has 0 saturated heterocycles. The lowest BCUT2D eigenvalue weighted by molar-refractivity contribution is -0.118. The van der Waals surface area contributed by atoms with Gasteiger partial charge in [0.25, 0.3) is 0 Å². The molecule has 1 aromatic heterocycles. The summed E-state index contributed by atoms with van der Waals surface area (Å²) in [5.74, 6) is -0.382. The molecule has 22 heavy (non-hydrogen) atoms. The van der Waals surface area contributed by atoms with Crippen LogP contribution in [-0.4, -0.2) is 10.5 Å². The van der Waals surface area contributed by atoms with Gasteiger partial charge >= 0.3 is 0 Å². The molecule has 0 saturated carbocycles. The fourth-order valence-corrected chi connectivity index (χ4v) is 2.81. The standard InChI is InChI=1S/C18H19N3O/c19-16(10-18(20)22)15-12-21(11-13-6-2-1-3-7-13)17-9-5-4-8-14(15)17/h1-9,12,16H,10-11,19H2,(H2,20,22). The highest BCUT2D eigenvalue weighted by Gasteiger charge is 2.16. The van der Waals surface area contributed by atoms with Gasteiger partial charge in [-0.3, -0.25) is 4.79 Å². The lowest BCUT2D eigenvalue weighted by Gasteiger charge is -2.07. The van der Waals surface area contributed by atoms with Crippen LogP contribution < -0.4 is 11.5 Å². The van der Waals surface area contributed by atoms with Gasteiger partial charge in [-0.1, -0.05) is 48.5 Å². The van der Waals surface area contributed by atoms with Crippen LogP contribution in [0.3, 0.4) is 0 Å². The molecule has 0 aliphatic rings. The number of aromatic nitrogens is 1. The number of hydrogen-bond acceptors (Lipinski definition) is 2. The Bertz CT molecular complexity index is 792. The number of carbonyl (C=O) groups is 1. The summed E-state index contributed by atoms with van der Waals surface area (Å²) in [6.07, 6.45) is 2.19. The Kier molecular flexibility index (Phi) is 3.94. The van der Waals surface area contributed by atoms with Crippen molar-refractivity contribution in [1.82, 2.24) is 4.57 Å². The van der Waals surface area contributed by atoms with Gasteiger partial charge in [-0.05, 0) is 17.2 Å². The molecule has 4 nitrogen and oxygen atoms in total. The normalized spacial score (nSPS) is 12.4. The summed E-state index contributed by atoms with van der Waals surface area (Å²) in [5, 5.41) is 1.08. The first-order valence-corrected chi connectivity index (χ1v) is 7.30. The molecule has 1 unspecified atom stereocenters. The number of fused-ring (bicyclic) bond motifs is 1. The van der Waals surface area contributed by atoms with E-state index in [0.717, 1.165) is 23.0 Å². The van der Waals surface area contributed by atoms with Gasteiger partial charge < -0.3 is 16.0 Å².